The summed E-state index contributed by atoms with van der Waals surface area (Å²) in [7, 11) is 0. The second kappa shape index (κ2) is 5.11. The molecule has 0 aliphatic rings. The van der Waals surface area contributed by atoms with Crippen LogP contribution in [0, 0.1) is 19.3 Å². The van der Waals surface area contributed by atoms with Gasteiger partial charge in [0.05, 0.1) is 5.56 Å². The number of anilines is 1. The van der Waals surface area contributed by atoms with Crippen molar-refractivity contribution in [3.05, 3.63) is 40.0 Å². The number of amides is 1. The van der Waals surface area contributed by atoms with Gasteiger partial charge < -0.3 is 10.3 Å². The number of H-pyrrole nitrogens is 1. The third kappa shape index (κ3) is 2.18. The molecule has 0 spiro atoms. The van der Waals surface area contributed by atoms with Crippen LogP contribution < -0.4 is 5.32 Å². The highest BCUT2D eigenvalue weighted by Crippen LogP contribution is 2.32. The quantitative estimate of drug-likeness (QED) is 0.816. The third-order valence-corrected chi connectivity index (χ3v) is 3.84. The van der Waals surface area contributed by atoms with Gasteiger partial charge in [-0.2, -0.15) is 0 Å². The Labute approximate surface area is 110 Å². The summed E-state index contributed by atoms with van der Waals surface area (Å²) in [5.74, 6) is 2.51. The van der Waals surface area contributed by atoms with Crippen molar-refractivity contribution in [2.45, 2.75) is 20.3 Å². The Balaban J connectivity index is 2.30. The van der Waals surface area contributed by atoms with Gasteiger partial charge in [-0.1, -0.05) is 12.8 Å². The molecule has 3 nitrogen and oxygen atoms in total. The van der Waals surface area contributed by atoms with Crippen LogP contribution >= 0.6 is 11.3 Å². The minimum Gasteiger partial charge on any atom is -0.357 e. The van der Waals surface area contributed by atoms with Crippen LogP contribution in [0.3, 0.4) is 0 Å². The standard InChI is InChI=1S/C14H14N2OS/c1-4-10-9(3)18-14(11(10)5-2)16-13(17)12-7-6-8-15-12/h2,6-8,15H,4H2,1,3H3,(H,16,17). The van der Waals surface area contributed by atoms with E-state index in [1.807, 2.05) is 6.92 Å². The number of carbonyl (C=O) groups is 1. The van der Waals surface area contributed by atoms with E-state index >= 15 is 0 Å². The molecule has 2 N–H and O–H groups in total. The third-order valence-electron chi connectivity index (χ3n) is 2.78. The van der Waals surface area contributed by atoms with Crippen LogP contribution in [0.15, 0.2) is 18.3 Å². The Morgan fingerprint density at radius 2 is 2.39 bits per heavy atom. The lowest BCUT2D eigenvalue weighted by molar-refractivity contribution is 0.102. The van der Waals surface area contributed by atoms with Crippen LogP contribution in [0.2, 0.25) is 0 Å². The summed E-state index contributed by atoms with van der Waals surface area (Å²) >= 11 is 1.53. The topological polar surface area (TPSA) is 44.9 Å². The Morgan fingerprint density at radius 1 is 1.61 bits per heavy atom. The van der Waals surface area contributed by atoms with Gasteiger partial charge in [0, 0.05) is 11.1 Å². The Bertz CT molecular complexity index is 603. The number of hydrogen-bond donors (Lipinski definition) is 2. The van der Waals surface area contributed by atoms with Crippen molar-refractivity contribution in [2.24, 2.45) is 0 Å². The number of nitrogens with one attached hydrogen (secondary N) is 2. The summed E-state index contributed by atoms with van der Waals surface area (Å²) in [4.78, 5) is 16.0. The van der Waals surface area contributed by atoms with Crippen molar-refractivity contribution in [3.8, 4) is 12.3 Å². The number of thiophene rings is 1. The molecule has 2 aromatic rings. The molecule has 1 amide bonds. The van der Waals surface area contributed by atoms with Gasteiger partial charge in [0.15, 0.2) is 0 Å². The predicted octanol–water partition coefficient (Wildman–Crippen LogP) is 3.18. The van der Waals surface area contributed by atoms with Crippen molar-refractivity contribution in [1.29, 1.82) is 0 Å². The van der Waals surface area contributed by atoms with Crippen LogP contribution in [0.4, 0.5) is 5.00 Å². The van der Waals surface area contributed by atoms with E-state index in [-0.39, 0.29) is 5.91 Å². The Hall–Kier alpha value is -1.99. The molecule has 18 heavy (non-hydrogen) atoms. The van der Waals surface area contributed by atoms with E-state index in [4.69, 9.17) is 6.42 Å². The summed E-state index contributed by atoms with van der Waals surface area (Å²) in [6.07, 6.45) is 8.12. The molecule has 0 aliphatic heterocycles. The van der Waals surface area contributed by atoms with Gasteiger partial charge in [0.25, 0.3) is 5.91 Å². The predicted molar refractivity (Wildman–Crippen MR) is 75.1 cm³/mol. The van der Waals surface area contributed by atoms with Crippen LogP contribution in [-0.2, 0) is 6.42 Å². The van der Waals surface area contributed by atoms with E-state index in [2.05, 4.69) is 23.1 Å². The first kappa shape index (κ1) is 12.5. The fourth-order valence-corrected chi connectivity index (χ4v) is 2.99. The van der Waals surface area contributed by atoms with E-state index in [1.54, 1.807) is 18.3 Å². The molecule has 92 valence electrons. The highest BCUT2D eigenvalue weighted by atomic mass is 32.1. The van der Waals surface area contributed by atoms with Crippen LogP contribution in [-0.4, -0.2) is 10.9 Å². The molecule has 0 bridgehead atoms. The van der Waals surface area contributed by atoms with Gasteiger partial charge in [-0.15, -0.1) is 17.8 Å². The van der Waals surface area contributed by atoms with Crippen LogP contribution in [0.5, 0.6) is 0 Å². The minimum absolute atomic E-state index is 0.166. The van der Waals surface area contributed by atoms with Crippen molar-refractivity contribution in [3.63, 3.8) is 0 Å². The second-order valence-corrected chi connectivity index (χ2v) is 5.10. The largest absolute Gasteiger partial charge is 0.357 e. The number of carbonyl (C=O) groups excluding carboxylic acids is 1. The molecule has 0 unspecified atom stereocenters. The zero-order valence-electron chi connectivity index (χ0n) is 10.3. The normalized spacial score (nSPS) is 10.1. The SMILES string of the molecule is C#Cc1c(NC(=O)c2ccc[nH]2)sc(C)c1CC. The number of hydrogen-bond acceptors (Lipinski definition) is 2. The van der Waals surface area contributed by atoms with Gasteiger partial charge in [-0.05, 0) is 31.0 Å². The molecular formula is C14H14N2OS. The van der Waals surface area contributed by atoms with Gasteiger partial charge in [-0.3, -0.25) is 4.79 Å². The molecule has 0 aliphatic carbocycles. The zero-order chi connectivity index (χ0) is 13.1. The average molecular weight is 258 g/mol. The highest BCUT2D eigenvalue weighted by molar-refractivity contribution is 7.16. The second-order valence-electron chi connectivity index (χ2n) is 3.88. The van der Waals surface area contributed by atoms with Crippen LogP contribution in [0.1, 0.15) is 33.4 Å². The fraction of sp³-hybridized carbons (Fsp3) is 0.214. The van der Waals surface area contributed by atoms with Crippen LogP contribution in [0.25, 0.3) is 0 Å². The van der Waals surface area contributed by atoms with Crippen molar-refractivity contribution >= 4 is 22.2 Å². The molecule has 4 heteroatoms. The summed E-state index contributed by atoms with van der Waals surface area (Å²) < 4.78 is 0. The molecule has 2 aromatic heterocycles. The van der Waals surface area contributed by atoms with Gasteiger partial charge in [0.1, 0.15) is 10.7 Å². The van der Waals surface area contributed by atoms with E-state index < -0.39 is 0 Å². The molecule has 0 atom stereocenters. The Kier molecular flexibility index (Phi) is 3.54. The number of aryl methyl sites for hydroxylation is 1. The lowest BCUT2D eigenvalue weighted by Gasteiger charge is -2.02. The maximum Gasteiger partial charge on any atom is 0.272 e. The lowest BCUT2D eigenvalue weighted by atomic mass is 10.1. The number of rotatable bonds is 3. The molecule has 2 rings (SSSR count). The maximum atomic E-state index is 11.9. The average Bonchev–Trinajstić information content (AvgIpc) is 2.96. The summed E-state index contributed by atoms with van der Waals surface area (Å²) in [6, 6.07) is 3.51. The first-order valence-corrected chi connectivity index (χ1v) is 6.52. The number of terminal acetylenes is 1. The maximum absolute atomic E-state index is 11.9. The smallest absolute Gasteiger partial charge is 0.272 e. The number of aromatic nitrogens is 1. The van der Waals surface area contributed by atoms with E-state index in [0.29, 0.717) is 5.69 Å². The van der Waals surface area contributed by atoms with Crippen molar-refractivity contribution in [1.82, 2.24) is 4.98 Å². The van der Waals surface area contributed by atoms with Crippen molar-refractivity contribution < 1.29 is 4.79 Å². The highest BCUT2D eigenvalue weighted by Gasteiger charge is 2.15. The molecule has 2 heterocycles. The van der Waals surface area contributed by atoms with Crippen molar-refractivity contribution in [2.75, 3.05) is 5.32 Å². The van der Waals surface area contributed by atoms with E-state index in [1.165, 1.54) is 11.3 Å². The zero-order valence-corrected chi connectivity index (χ0v) is 11.1. The summed E-state index contributed by atoms with van der Waals surface area (Å²) in [6.45, 7) is 4.08. The van der Waals surface area contributed by atoms with Gasteiger partial charge in [-0.25, -0.2) is 0 Å². The molecule has 0 saturated heterocycles. The lowest BCUT2D eigenvalue weighted by Crippen LogP contribution is -2.12. The summed E-state index contributed by atoms with van der Waals surface area (Å²) in [5.41, 5.74) is 2.48. The summed E-state index contributed by atoms with van der Waals surface area (Å²) in [5, 5.41) is 3.62. The minimum atomic E-state index is -0.166. The molecule has 0 fully saturated rings. The molecule has 0 radical (unpaired) electrons. The van der Waals surface area contributed by atoms with E-state index in [0.717, 1.165) is 27.4 Å². The first-order valence-electron chi connectivity index (χ1n) is 5.71. The van der Waals surface area contributed by atoms with Gasteiger partial charge in [0.2, 0.25) is 0 Å². The fourth-order valence-electron chi connectivity index (χ4n) is 1.89. The molecule has 0 aromatic carbocycles. The first-order chi connectivity index (χ1) is 8.67. The Morgan fingerprint density at radius 3 is 2.94 bits per heavy atom. The van der Waals surface area contributed by atoms with Gasteiger partial charge >= 0.3 is 0 Å². The molecule has 0 saturated carbocycles. The number of aromatic amines is 1. The van der Waals surface area contributed by atoms with E-state index in [9.17, 15) is 4.79 Å². The monoisotopic (exact) mass is 258 g/mol. The molecular weight excluding hydrogens is 244 g/mol.